The highest BCUT2D eigenvalue weighted by Crippen LogP contribution is 2.34. The van der Waals surface area contributed by atoms with Crippen molar-refractivity contribution in [3.8, 4) is 16.9 Å². The quantitative estimate of drug-likeness (QED) is 0.574. The molecule has 27 heavy (non-hydrogen) atoms. The highest BCUT2D eigenvalue weighted by Gasteiger charge is 2.23. The third-order valence-electron chi connectivity index (χ3n) is 4.89. The van der Waals surface area contributed by atoms with Gasteiger partial charge < -0.3 is 15.7 Å². The van der Waals surface area contributed by atoms with Crippen molar-refractivity contribution in [1.82, 2.24) is 5.32 Å². The number of phenols is 1. The van der Waals surface area contributed by atoms with Gasteiger partial charge in [0, 0.05) is 24.3 Å². The Morgan fingerprint density at radius 2 is 1.78 bits per heavy atom. The second-order valence-corrected chi connectivity index (χ2v) is 6.80. The molecular weight excluding hydrogens is 336 g/mol. The fourth-order valence-electron chi connectivity index (χ4n) is 3.53. The van der Waals surface area contributed by atoms with Gasteiger partial charge in [-0.05, 0) is 59.4 Å². The van der Waals surface area contributed by atoms with Crippen molar-refractivity contribution in [3.05, 3.63) is 83.4 Å². The predicted molar refractivity (Wildman–Crippen MR) is 108 cm³/mol. The lowest BCUT2D eigenvalue weighted by Crippen LogP contribution is -2.12. The Hall–Kier alpha value is -3.27. The Balaban J connectivity index is 1.54. The topological polar surface area (TPSA) is 61.4 Å². The van der Waals surface area contributed by atoms with Gasteiger partial charge in [-0.2, -0.15) is 0 Å². The smallest absolute Gasteiger partial charge is 0.251 e. The summed E-state index contributed by atoms with van der Waals surface area (Å²) in [6.45, 7) is 1.35. The van der Waals surface area contributed by atoms with Gasteiger partial charge in [-0.15, -0.1) is 0 Å². The highest BCUT2D eigenvalue weighted by atomic mass is 16.3. The second kappa shape index (κ2) is 7.54. The van der Waals surface area contributed by atoms with Gasteiger partial charge in [0.1, 0.15) is 5.75 Å². The Bertz CT molecular complexity index is 967. The van der Waals surface area contributed by atoms with Crippen LogP contribution in [-0.4, -0.2) is 17.6 Å². The van der Waals surface area contributed by atoms with Crippen molar-refractivity contribution in [2.75, 3.05) is 11.9 Å². The van der Waals surface area contributed by atoms with E-state index < -0.39 is 0 Å². The molecule has 0 saturated heterocycles. The first-order chi connectivity index (χ1) is 13.2. The molecule has 1 amide bonds. The predicted octanol–water partition coefficient (Wildman–Crippen LogP) is 4.35. The molecule has 0 aromatic heterocycles. The summed E-state index contributed by atoms with van der Waals surface area (Å²) in [5.41, 5.74) is 5.84. The SMILES string of the molecule is O=C1NCc2c1cc(NCCCc1ccccc1)cc2-c1cccc(O)c1. The van der Waals surface area contributed by atoms with E-state index in [0.717, 1.165) is 41.8 Å². The normalized spacial score (nSPS) is 12.5. The third kappa shape index (κ3) is 3.80. The van der Waals surface area contributed by atoms with Crippen LogP contribution in [-0.2, 0) is 13.0 Å². The molecule has 136 valence electrons. The first-order valence-corrected chi connectivity index (χ1v) is 9.23. The van der Waals surface area contributed by atoms with Gasteiger partial charge >= 0.3 is 0 Å². The van der Waals surface area contributed by atoms with E-state index in [0.29, 0.717) is 12.1 Å². The average Bonchev–Trinajstić information content (AvgIpc) is 3.06. The minimum atomic E-state index is -0.0423. The van der Waals surface area contributed by atoms with Crippen LogP contribution in [0.15, 0.2) is 66.7 Å². The Labute approximate surface area is 158 Å². The first kappa shape index (κ1) is 17.2. The molecule has 3 aromatic rings. The minimum Gasteiger partial charge on any atom is -0.508 e. The van der Waals surface area contributed by atoms with Crippen LogP contribution in [0.3, 0.4) is 0 Å². The summed E-state index contributed by atoms with van der Waals surface area (Å²) in [4.78, 5) is 12.2. The van der Waals surface area contributed by atoms with Gasteiger partial charge in [-0.1, -0.05) is 42.5 Å². The summed E-state index contributed by atoms with van der Waals surface area (Å²) in [5.74, 6) is 0.180. The molecule has 0 bridgehead atoms. The molecule has 1 heterocycles. The molecule has 3 aromatic carbocycles. The van der Waals surface area contributed by atoms with E-state index in [2.05, 4.69) is 41.0 Å². The average molecular weight is 358 g/mol. The van der Waals surface area contributed by atoms with Crippen molar-refractivity contribution >= 4 is 11.6 Å². The van der Waals surface area contributed by atoms with Gasteiger partial charge in [0.25, 0.3) is 5.91 Å². The van der Waals surface area contributed by atoms with E-state index in [9.17, 15) is 9.90 Å². The maximum absolute atomic E-state index is 12.2. The monoisotopic (exact) mass is 358 g/mol. The van der Waals surface area contributed by atoms with Gasteiger partial charge in [0.05, 0.1) is 0 Å². The van der Waals surface area contributed by atoms with E-state index in [1.807, 2.05) is 24.3 Å². The third-order valence-corrected chi connectivity index (χ3v) is 4.89. The number of nitrogens with one attached hydrogen (secondary N) is 2. The van der Waals surface area contributed by atoms with E-state index in [1.54, 1.807) is 12.1 Å². The molecular formula is C23H22N2O2. The number of benzene rings is 3. The summed E-state index contributed by atoms with van der Waals surface area (Å²) in [5, 5.41) is 16.2. The summed E-state index contributed by atoms with van der Waals surface area (Å²) >= 11 is 0. The standard InChI is InChI=1S/C23H22N2O2/c26-19-10-4-9-17(12-19)20-13-18(14-21-22(20)15-25-23(21)27)24-11-5-8-16-6-2-1-3-7-16/h1-4,6-7,9-10,12-14,24,26H,5,8,11,15H2,(H,25,27). The number of aromatic hydroxyl groups is 1. The number of aryl methyl sites for hydroxylation is 1. The fraction of sp³-hybridized carbons (Fsp3) is 0.174. The number of amides is 1. The maximum atomic E-state index is 12.2. The van der Waals surface area contributed by atoms with Crippen LogP contribution in [0.4, 0.5) is 5.69 Å². The molecule has 0 fully saturated rings. The van der Waals surface area contributed by atoms with Gasteiger partial charge in [-0.3, -0.25) is 4.79 Å². The number of rotatable bonds is 6. The number of hydrogen-bond donors (Lipinski definition) is 3. The van der Waals surface area contributed by atoms with Gasteiger partial charge in [0.2, 0.25) is 0 Å². The summed E-state index contributed by atoms with van der Waals surface area (Å²) in [6.07, 6.45) is 2.02. The zero-order valence-corrected chi connectivity index (χ0v) is 15.0. The lowest BCUT2D eigenvalue weighted by Gasteiger charge is -2.13. The summed E-state index contributed by atoms with van der Waals surface area (Å²) in [6, 6.07) is 21.6. The largest absolute Gasteiger partial charge is 0.508 e. The molecule has 0 aliphatic carbocycles. The molecule has 0 unspecified atom stereocenters. The molecule has 0 saturated carbocycles. The fourth-order valence-corrected chi connectivity index (χ4v) is 3.53. The van der Waals surface area contributed by atoms with Crippen molar-refractivity contribution < 1.29 is 9.90 Å². The number of hydrogen-bond acceptors (Lipinski definition) is 3. The Kier molecular flexibility index (Phi) is 4.79. The van der Waals surface area contributed by atoms with Crippen LogP contribution >= 0.6 is 0 Å². The number of anilines is 1. The molecule has 0 spiro atoms. The zero-order valence-electron chi connectivity index (χ0n) is 15.0. The van der Waals surface area contributed by atoms with Crippen molar-refractivity contribution in [1.29, 1.82) is 0 Å². The van der Waals surface area contributed by atoms with E-state index in [-0.39, 0.29) is 11.7 Å². The van der Waals surface area contributed by atoms with E-state index >= 15 is 0 Å². The molecule has 0 atom stereocenters. The van der Waals surface area contributed by atoms with E-state index in [1.165, 1.54) is 5.56 Å². The van der Waals surface area contributed by atoms with Crippen LogP contribution in [0.25, 0.3) is 11.1 Å². The van der Waals surface area contributed by atoms with E-state index in [4.69, 9.17) is 0 Å². The van der Waals surface area contributed by atoms with Crippen molar-refractivity contribution in [2.24, 2.45) is 0 Å². The van der Waals surface area contributed by atoms with Crippen LogP contribution in [0, 0.1) is 0 Å². The Morgan fingerprint density at radius 1 is 0.963 bits per heavy atom. The van der Waals surface area contributed by atoms with Crippen LogP contribution in [0.5, 0.6) is 5.75 Å². The minimum absolute atomic E-state index is 0.0423. The first-order valence-electron chi connectivity index (χ1n) is 9.23. The number of carbonyl (C=O) groups excluding carboxylic acids is 1. The molecule has 4 heteroatoms. The molecule has 4 nitrogen and oxygen atoms in total. The summed E-state index contributed by atoms with van der Waals surface area (Å²) in [7, 11) is 0. The number of carbonyl (C=O) groups is 1. The number of fused-ring (bicyclic) bond motifs is 1. The molecule has 3 N–H and O–H groups in total. The molecule has 4 rings (SSSR count). The van der Waals surface area contributed by atoms with Gasteiger partial charge in [-0.25, -0.2) is 0 Å². The molecule has 0 radical (unpaired) electrons. The summed E-state index contributed by atoms with van der Waals surface area (Å²) < 4.78 is 0. The maximum Gasteiger partial charge on any atom is 0.251 e. The van der Waals surface area contributed by atoms with Crippen LogP contribution in [0.1, 0.15) is 27.9 Å². The highest BCUT2D eigenvalue weighted by molar-refractivity contribution is 6.01. The lowest BCUT2D eigenvalue weighted by atomic mass is 9.95. The van der Waals surface area contributed by atoms with Crippen LogP contribution in [0.2, 0.25) is 0 Å². The number of phenolic OH excluding ortho intramolecular Hbond substituents is 1. The van der Waals surface area contributed by atoms with Gasteiger partial charge in [0.15, 0.2) is 0 Å². The molecule has 1 aliphatic heterocycles. The van der Waals surface area contributed by atoms with Crippen molar-refractivity contribution in [2.45, 2.75) is 19.4 Å². The second-order valence-electron chi connectivity index (χ2n) is 6.80. The van der Waals surface area contributed by atoms with Crippen LogP contribution < -0.4 is 10.6 Å². The lowest BCUT2D eigenvalue weighted by molar-refractivity contribution is 0.0966. The zero-order chi connectivity index (χ0) is 18.6. The van der Waals surface area contributed by atoms with Crippen molar-refractivity contribution in [3.63, 3.8) is 0 Å². The molecule has 1 aliphatic rings. The Morgan fingerprint density at radius 3 is 2.59 bits per heavy atom.